The normalized spacial score (nSPS) is 12.4. The fourth-order valence-electron chi connectivity index (χ4n) is 10.8. The van der Waals surface area contributed by atoms with E-state index in [4.69, 9.17) is 14.2 Å². The van der Waals surface area contributed by atoms with Crippen LogP contribution in [0, 0.1) is 0 Å². The molecule has 0 N–H and O–H groups in total. The number of ether oxygens (including phenoxy) is 3. The molecular formula is C76H138O6. The Morgan fingerprint density at radius 1 is 0.244 bits per heavy atom. The molecule has 0 aromatic heterocycles. The molecule has 6 nitrogen and oxygen atoms in total. The molecular weight excluding hydrogens is 1010 g/mol. The Morgan fingerprint density at radius 2 is 0.463 bits per heavy atom. The molecule has 0 amide bonds. The molecule has 0 saturated carbocycles. The molecule has 0 aliphatic carbocycles. The molecule has 0 saturated heterocycles. The maximum Gasteiger partial charge on any atom is 0.306 e. The highest BCUT2D eigenvalue weighted by Gasteiger charge is 2.19. The van der Waals surface area contributed by atoms with Crippen molar-refractivity contribution in [3.63, 3.8) is 0 Å². The van der Waals surface area contributed by atoms with E-state index in [-0.39, 0.29) is 31.1 Å². The molecule has 82 heavy (non-hydrogen) atoms. The Bertz CT molecular complexity index is 1460. The third-order valence-corrected chi connectivity index (χ3v) is 16.2. The second-order valence-corrected chi connectivity index (χ2v) is 24.5. The van der Waals surface area contributed by atoms with Crippen LogP contribution >= 0.6 is 0 Å². The molecule has 0 aromatic rings. The summed E-state index contributed by atoms with van der Waals surface area (Å²) in [6.45, 7) is 6.58. The predicted molar refractivity (Wildman–Crippen MR) is 358 cm³/mol. The van der Waals surface area contributed by atoms with Crippen molar-refractivity contribution in [3.05, 3.63) is 60.8 Å². The summed E-state index contributed by atoms with van der Waals surface area (Å²) in [6.07, 6.45) is 91.3. The van der Waals surface area contributed by atoms with Gasteiger partial charge in [0.1, 0.15) is 13.2 Å². The molecule has 1 unspecified atom stereocenters. The van der Waals surface area contributed by atoms with Crippen molar-refractivity contribution in [1.29, 1.82) is 0 Å². The predicted octanol–water partition coefficient (Wildman–Crippen LogP) is 25.1. The van der Waals surface area contributed by atoms with Gasteiger partial charge in [0, 0.05) is 19.3 Å². The Morgan fingerprint density at radius 3 is 0.756 bits per heavy atom. The van der Waals surface area contributed by atoms with Gasteiger partial charge in [0.2, 0.25) is 0 Å². The number of rotatable bonds is 67. The van der Waals surface area contributed by atoms with Gasteiger partial charge >= 0.3 is 17.9 Å². The van der Waals surface area contributed by atoms with Gasteiger partial charge in [-0.25, -0.2) is 0 Å². The number of esters is 3. The van der Waals surface area contributed by atoms with Gasteiger partial charge in [-0.2, -0.15) is 0 Å². The lowest BCUT2D eigenvalue weighted by Crippen LogP contribution is -2.30. The summed E-state index contributed by atoms with van der Waals surface area (Å²) >= 11 is 0. The van der Waals surface area contributed by atoms with Gasteiger partial charge < -0.3 is 14.2 Å². The lowest BCUT2D eigenvalue weighted by Gasteiger charge is -2.18. The molecule has 0 fully saturated rings. The zero-order valence-electron chi connectivity index (χ0n) is 55.0. The van der Waals surface area contributed by atoms with Crippen LogP contribution in [0.4, 0.5) is 0 Å². The highest BCUT2D eigenvalue weighted by atomic mass is 16.6. The number of allylic oxidation sites excluding steroid dienone is 10. The Balaban J connectivity index is 4.16. The number of unbranched alkanes of at least 4 members (excludes halogenated alkanes) is 46. The van der Waals surface area contributed by atoms with Gasteiger partial charge in [-0.3, -0.25) is 14.4 Å². The second kappa shape index (κ2) is 70.6. The molecule has 478 valence electrons. The fourth-order valence-corrected chi connectivity index (χ4v) is 10.8. The topological polar surface area (TPSA) is 78.9 Å². The number of hydrogen-bond donors (Lipinski definition) is 0. The second-order valence-electron chi connectivity index (χ2n) is 24.5. The Hall–Kier alpha value is -2.89. The van der Waals surface area contributed by atoms with Gasteiger partial charge in [0.25, 0.3) is 0 Å². The lowest BCUT2D eigenvalue weighted by atomic mass is 10.0. The molecule has 0 aliphatic rings. The first-order valence-electron chi connectivity index (χ1n) is 36.3. The summed E-state index contributed by atoms with van der Waals surface area (Å²) in [5.41, 5.74) is 0. The van der Waals surface area contributed by atoms with E-state index in [0.717, 1.165) is 109 Å². The van der Waals surface area contributed by atoms with Crippen LogP contribution in [0.15, 0.2) is 60.8 Å². The van der Waals surface area contributed by atoms with Crippen LogP contribution < -0.4 is 0 Å². The fraction of sp³-hybridized carbons (Fsp3) is 0.829. The Labute approximate surface area is 510 Å². The van der Waals surface area contributed by atoms with E-state index in [1.54, 1.807) is 0 Å². The van der Waals surface area contributed by atoms with Crippen LogP contribution in [0.1, 0.15) is 387 Å². The van der Waals surface area contributed by atoms with Gasteiger partial charge in [-0.05, 0) is 83.5 Å². The van der Waals surface area contributed by atoms with Crippen molar-refractivity contribution in [2.75, 3.05) is 13.2 Å². The minimum Gasteiger partial charge on any atom is -0.462 e. The molecule has 1 atom stereocenters. The van der Waals surface area contributed by atoms with Crippen molar-refractivity contribution >= 4 is 17.9 Å². The van der Waals surface area contributed by atoms with Crippen LogP contribution in [0.2, 0.25) is 0 Å². The molecule has 0 heterocycles. The van der Waals surface area contributed by atoms with Gasteiger partial charge in [-0.1, -0.05) is 345 Å². The third kappa shape index (κ3) is 67.9. The third-order valence-electron chi connectivity index (χ3n) is 16.2. The molecule has 0 aromatic carbocycles. The smallest absolute Gasteiger partial charge is 0.306 e. The standard InChI is InChI=1S/C76H138O6/c1-4-7-10-13-16-19-22-25-27-29-31-32-33-34-35-36-37-38-39-40-41-42-43-45-46-48-51-54-57-60-63-66-69-75(78)81-72-73(71-80-74(77)68-65-62-59-56-53-50-24-21-18-15-12-9-6-3)82-76(79)70-67-64-61-58-55-52-49-47-44-30-28-26-23-20-17-14-11-8-5-2/h12,15,17,20-21,24,26,28,44,47,73H,4-11,13-14,16,18-19,22-23,25,27,29-43,45-46,48-72H2,1-3H3/b15-12-,20-17-,24-21-,28-26-,47-44-. The largest absolute Gasteiger partial charge is 0.462 e. The van der Waals surface area contributed by atoms with Crippen molar-refractivity contribution in [1.82, 2.24) is 0 Å². The molecule has 0 aliphatic heterocycles. The van der Waals surface area contributed by atoms with Crippen LogP contribution in [0.5, 0.6) is 0 Å². The summed E-state index contributed by atoms with van der Waals surface area (Å²) in [5, 5.41) is 0. The maximum absolute atomic E-state index is 12.9. The van der Waals surface area contributed by atoms with E-state index in [1.807, 2.05) is 0 Å². The monoisotopic (exact) mass is 1150 g/mol. The van der Waals surface area contributed by atoms with Gasteiger partial charge in [0.05, 0.1) is 0 Å². The number of carbonyl (C=O) groups is 3. The summed E-state index contributed by atoms with van der Waals surface area (Å²) in [6, 6.07) is 0. The average molecular weight is 1150 g/mol. The van der Waals surface area contributed by atoms with E-state index in [0.29, 0.717) is 19.3 Å². The van der Waals surface area contributed by atoms with Crippen LogP contribution in [0.25, 0.3) is 0 Å². The first-order valence-corrected chi connectivity index (χ1v) is 36.3. The van der Waals surface area contributed by atoms with Gasteiger partial charge in [0.15, 0.2) is 6.10 Å². The highest BCUT2D eigenvalue weighted by molar-refractivity contribution is 5.71. The van der Waals surface area contributed by atoms with Crippen molar-refractivity contribution < 1.29 is 28.6 Å². The average Bonchev–Trinajstić information content (AvgIpc) is 3.47. The SMILES string of the molecule is CCC/C=C\C/C=C\CCCCCCCC(=O)OCC(COC(=O)CCCCCCCCCCCCCCCCCCCCCCCCCCCCCCCCCC)OC(=O)CCCCCCCC/C=C\C/C=C\C/C=C\CCCCC. The van der Waals surface area contributed by atoms with E-state index in [1.165, 1.54) is 238 Å². The quantitative estimate of drug-likeness (QED) is 0.0261. The zero-order chi connectivity index (χ0) is 59.2. The first-order chi connectivity index (χ1) is 40.5. The lowest BCUT2D eigenvalue weighted by molar-refractivity contribution is -0.167. The molecule has 0 radical (unpaired) electrons. The first kappa shape index (κ1) is 79.1. The van der Waals surface area contributed by atoms with Gasteiger partial charge in [-0.15, -0.1) is 0 Å². The van der Waals surface area contributed by atoms with Crippen LogP contribution in [-0.4, -0.2) is 37.2 Å². The van der Waals surface area contributed by atoms with Crippen LogP contribution in [0.3, 0.4) is 0 Å². The minimum atomic E-state index is -0.787. The van der Waals surface area contributed by atoms with Crippen LogP contribution in [-0.2, 0) is 28.6 Å². The summed E-state index contributed by atoms with van der Waals surface area (Å²) in [5.74, 6) is -0.888. The Kier molecular flexibility index (Phi) is 68.1. The van der Waals surface area contributed by atoms with E-state index in [9.17, 15) is 14.4 Å². The minimum absolute atomic E-state index is 0.0811. The zero-order valence-corrected chi connectivity index (χ0v) is 55.0. The van der Waals surface area contributed by atoms with Crippen molar-refractivity contribution in [2.24, 2.45) is 0 Å². The molecule has 0 spiro atoms. The number of carbonyl (C=O) groups excluding carboxylic acids is 3. The highest BCUT2D eigenvalue weighted by Crippen LogP contribution is 2.19. The number of hydrogen-bond acceptors (Lipinski definition) is 6. The van der Waals surface area contributed by atoms with E-state index >= 15 is 0 Å². The molecule has 6 heteroatoms. The van der Waals surface area contributed by atoms with E-state index < -0.39 is 6.10 Å². The molecule has 0 bridgehead atoms. The summed E-state index contributed by atoms with van der Waals surface area (Å²) in [4.78, 5) is 38.4. The molecule has 0 rings (SSSR count). The maximum atomic E-state index is 12.9. The van der Waals surface area contributed by atoms with Crippen molar-refractivity contribution in [3.8, 4) is 0 Å². The summed E-state index contributed by atoms with van der Waals surface area (Å²) < 4.78 is 17.0. The van der Waals surface area contributed by atoms with Crippen molar-refractivity contribution in [2.45, 2.75) is 393 Å². The van der Waals surface area contributed by atoms with E-state index in [2.05, 4.69) is 81.5 Å². The summed E-state index contributed by atoms with van der Waals surface area (Å²) in [7, 11) is 0.